The summed E-state index contributed by atoms with van der Waals surface area (Å²) in [4.78, 5) is 44.8. The van der Waals surface area contributed by atoms with Crippen LogP contribution in [-0.4, -0.2) is 54.7 Å². The standard InChI is InChI=1S/C29H38N2O8/c1-5-34-30-24-19-9-6-7-10-22(19)31(25(24)33)16-8-11-23(32)35-26-18(3)21-13-12-17(2)20-14-15-28(4)37-27(36-26)29(20,21)39-38-28/h6-7,9-10,17-18,20-21,26-27H,5,8,11-16H2,1-4H3/t17-,18-,20+,21+,26?,27-,28-,29-/m1/s1. The Labute approximate surface area is 228 Å². The van der Waals surface area contributed by atoms with E-state index in [0.29, 0.717) is 25.5 Å². The van der Waals surface area contributed by atoms with Crippen LogP contribution in [0.3, 0.4) is 0 Å². The first-order valence-corrected chi connectivity index (χ1v) is 14.3. The number of fused-ring (bicyclic) bond motifs is 3. The normalized spacial score (nSPS) is 39.7. The molecule has 6 aliphatic rings. The SMILES string of the molecule is CCON=C1C(=O)N(CCCC(=O)OC2O[C@@H]3O[C@@]4(C)CC[C@H]5[C@H](C)CC[C@@H]([C@H]2C)[C@@]35OO4)c2ccccc21. The predicted octanol–water partition coefficient (Wildman–Crippen LogP) is 4.31. The van der Waals surface area contributed by atoms with Gasteiger partial charge in [0.1, 0.15) is 6.61 Å². The summed E-state index contributed by atoms with van der Waals surface area (Å²) in [6, 6.07) is 7.46. The van der Waals surface area contributed by atoms with Gasteiger partial charge in [-0.05, 0) is 57.4 Å². The van der Waals surface area contributed by atoms with Crippen molar-refractivity contribution in [2.24, 2.45) is 28.8 Å². The van der Waals surface area contributed by atoms with Gasteiger partial charge in [0.25, 0.3) is 5.91 Å². The Kier molecular flexibility index (Phi) is 6.94. The van der Waals surface area contributed by atoms with E-state index in [0.717, 1.165) is 36.9 Å². The summed E-state index contributed by atoms with van der Waals surface area (Å²) in [6.45, 7) is 8.75. The molecule has 5 aliphatic heterocycles. The van der Waals surface area contributed by atoms with Crippen molar-refractivity contribution in [2.75, 3.05) is 18.1 Å². The molecule has 1 amide bonds. The Balaban J connectivity index is 1.10. The predicted molar refractivity (Wildman–Crippen MR) is 139 cm³/mol. The fourth-order valence-corrected chi connectivity index (χ4v) is 7.28. The quantitative estimate of drug-likeness (QED) is 0.285. The summed E-state index contributed by atoms with van der Waals surface area (Å²) < 4.78 is 18.6. The number of para-hydroxylation sites is 1. The number of amides is 1. The number of oxime groups is 1. The van der Waals surface area contributed by atoms with Crippen LogP contribution in [0.5, 0.6) is 0 Å². The molecule has 0 radical (unpaired) electrons. The maximum Gasteiger partial charge on any atom is 0.308 e. The van der Waals surface area contributed by atoms with E-state index in [2.05, 4.69) is 19.0 Å². The van der Waals surface area contributed by atoms with Crippen LogP contribution in [0.25, 0.3) is 0 Å². The summed E-state index contributed by atoms with van der Waals surface area (Å²) >= 11 is 0. The molecule has 10 nitrogen and oxygen atoms in total. The van der Waals surface area contributed by atoms with Crippen molar-refractivity contribution in [2.45, 2.75) is 90.2 Å². The van der Waals surface area contributed by atoms with Gasteiger partial charge in [0.2, 0.25) is 12.1 Å². The summed E-state index contributed by atoms with van der Waals surface area (Å²) in [5.74, 6) is -0.765. The van der Waals surface area contributed by atoms with Crippen molar-refractivity contribution in [3.05, 3.63) is 29.8 Å². The van der Waals surface area contributed by atoms with Gasteiger partial charge < -0.3 is 23.9 Å². The summed E-state index contributed by atoms with van der Waals surface area (Å²) in [5, 5.41) is 4.02. The van der Waals surface area contributed by atoms with Crippen LogP contribution in [0.15, 0.2) is 29.4 Å². The zero-order valence-corrected chi connectivity index (χ0v) is 23.1. The van der Waals surface area contributed by atoms with Gasteiger partial charge in [-0.15, -0.1) is 0 Å². The summed E-state index contributed by atoms with van der Waals surface area (Å²) in [6.07, 6.45) is 2.86. The minimum Gasteiger partial charge on any atom is -0.435 e. The Morgan fingerprint density at radius 2 is 1.97 bits per heavy atom. The van der Waals surface area contributed by atoms with Gasteiger partial charge >= 0.3 is 5.97 Å². The largest absolute Gasteiger partial charge is 0.435 e. The second-order valence-corrected chi connectivity index (χ2v) is 11.7. The molecule has 1 unspecified atom stereocenters. The molecule has 212 valence electrons. The van der Waals surface area contributed by atoms with Crippen LogP contribution >= 0.6 is 0 Å². The molecule has 2 bridgehead atoms. The molecule has 1 aliphatic carbocycles. The number of nitrogens with zero attached hydrogens (tertiary/aromatic N) is 2. The third-order valence-corrected chi connectivity index (χ3v) is 9.29. The number of hydrogen-bond donors (Lipinski definition) is 0. The molecule has 5 fully saturated rings. The molecule has 4 saturated heterocycles. The second kappa shape index (κ2) is 10.1. The molecule has 1 aromatic carbocycles. The lowest BCUT2D eigenvalue weighted by Crippen LogP contribution is -2.70. The van der Waals surface area contributed by atoms with Crippen molar-refractivity contribution in [1.29, 1.82) is 0 Å². The number of carbonyl (C=O) groups excluding carboxylic acids is 2. The zero-order valence-electron chi connectivity index (χ0n) is 23.1. The lowest BCUT2D eigenvalue weighted by molar-refractivity contribution is -0.576. The lowest BCUT2D eigenvalue weighted by atomic mass is 9.58. The Bertz CT molecular complexity index is 1160. The van der Waals surface area contributed by atoms with Crippen molar-refractivity contribution in [3.8, 4) is 0 Å². The van der Waals surface area contributed by atoms with Crippen molar-refractivity contribution >= 4 is 23.3 Å². The number of carbonyl (C=O) groups is 2. The minimum atomic E-state index is -0.879. The monoisotopic (exact) mass is 542 g/mol. The van der Waals surface area contributed by atoms with Crippen LogP contribution < -0.4 is 4.90 Å². The molecular weight excluding hydrogens is 504 g/mol. The van der Waals surface area contributed by atoms with Crippen LogP contribution in [0.4, 0.5) is 5.69 Å². The molecule has 1 spiro atoms. The van der Waals surface area contributed by atoms with Gasteiger partial charge in [-0.3, -0.25) is 9.59 Å². The van der Waals surface area contributed by atoms with Crippen molar-refractivity contribution in [3.63, 3.8) is 0 Å². The van der Waals surface area contributed by atoms with Crippen LogP contribution in [-0.2, 0) is 38.4 Å². The van der Waals surface area contributed by atoms with E-state index < -0.39 is 24.0 Å². The topological polar surface area (TPSA) is 105 Å². The molecule has 8 atom stereocenters. The van der Waals surface area contributed by atoms with E-state index in [1.807, 2.05) is 38.1 Å². The second-order valence-electron chi connectivity index (χ2n) is 11.7. The molecule has 0 aromatic heterocycles. The maximum absolute atomic E-state index is 13.0. The number of rotatable bonds is 7. The fourth-order valence-electron chi connectivity index (χ4n) is 7.28. The highest BCUT2D eigenvalue weighted by Crippen LogP contribution is 2.60. The first-order valence-electron chi connectivity index (χ1n) is 14.3. The Morgan fingerprint density at radius 3 is 2.79 bits per heavy atom. The maximum atomic E-state index is 13.0. The molecule has 39 heavy (non-hydrogen) atoms. The first-order chi connectivity index (χ1) is 18.8. The Morgan fingerprint density at radius 1 is 1.15 bits per heavy atom. The Hall–Kier alpha value is -2.53. The number of benzene rings is 1. The van der Waals surface area contributed by atoms with Crippen molar-refractivity contribution in [1.82, 2.24) is 0 Å². The van der Waals surface area contributed by atoms with E-state index in [1.54, 1.807) is 4.90 Å². The molecule has 5 heterocycles. The van der Waals surface area contributed by atoms with Gasteiger partial charge in [-0.2, -0.15) is 0 Å². The molecular formula is C29H38N2O8. The van der Waals surface area contributed by atoms with Gasteiger partial charge in [0, 0.05) is 36.8 Å². The van der Waals surface area contributed by atoms with E-state index in [9.17, 15) is 9.59 Å². The van der Waals surface area contributed by atoms with Crippen LogP contribution in [0, 0.1) is 23.7 Å². The molecule has 7 rings (SSSR count). The van der Waals surface area contributed by atoms with Crippen LogP contribution in [0.2, 0.25) is 0 Å². The van der Waals surface area contributed by atoms with E-state index in [4.69, 9.17) is 28.8 Å². The lowest BCUT2D eigenvalue weighted by Gasteiger charge is -2.59. The number of anilines is 1. The van der Waals surface area contributed by atoms with Gasteiger partial charge in [0.15, 0.2) is 17.6 Å². The van der Waals surface area contributed by atoms with Gasteiger partial charge in [0.05, 0.1) is 5.69 Å². The summed E-state index contributed by atoms with van der Waals surface area (Å²) in [7, 11) is 0. The number of ether oxygens (including phenoxy) is 3. The molecule has 10 heteroatoms. The highest BCUT2D eigenvalue weighted by atomic mass is 17.3. The molecule has 1 saturated carbocycles. The highest BCUT2D eigenvalue weighted by molar-refractivity contribution is 6.54. The van der Waals surface area contributed by atoms with Gasteiger partial charge in [-0.25, -0.2) is 9.78 Å². The molecule has 1 aromatic rings. The average Bonchev–Trinajstić information content (AvgIpc) is 3.01. The van der Waals surface area contributed by atoms with Crippen molar-refractivity contribution < 1.29 is 38.4 Å². The number of hydrogen-bond acceptors (Lipinski definition) is 9. The van der Waals surface area contributed by atoms with Crippen LogP contribution in [0.1, 0.15) is 71.8 Å². The smallest absolute Gasteiger partial charge is 0.308 e. The third-order valence-electron chi connectivity index (χ3n) is 9.29. The minimum absolute atomic E-state index is 0.0830. The van der Waals surface area contributed by atoms with E-state index >= 15 is 0 Å². The summed E-state index contributed by atoms with van der Waals surface area (Å²) in [5.41, 5.74) is 1.09. The fraction of sp³-hybridized carbons (Fsp3) is 0.690. The zero-order chi connectivity index (χ0) is 27.4. The molecule has 0 N–H and O–H groups in total. The van der Waals surface area contributed by atoms with E-state index in [1.165, 1.54) is 0 Å². The van der Waals surface area contributed by atoms with E-state index in [-0.39, 0.29) is 41.8 Å². The first kappa shape index (κ1) is 26.7. The third kappa shape index (κ3) is 4.36. The number of esters is 1. The van der Waals surface area contributed by atoms with Gasteiger partial charge in [-0.1, -0.05) is 37.2 Å². The highest BCUT2D eigenvalue weighted by Gasteiger charge is 2.69. The average molecular weight is 543 g/mol.